The molecule has 0 N–H and O–H groups in total. The number of rotatable bonds is 8. The van der Waals surface area contributed by atoms with Gasteiger partial charge in [-0.25, -0.2) is 13.2 Å². The van der Waals surface area contributed by atoms with Gasteiger partial charge in [-0.2, -0.15) is 4.31 Å². The summed E-state index contributed by atoms with van der Waals surface area (Å²) in [7, 11) is -2.65. The zero-order valence-corrected chi connectivity index (χ0v) is 23.2. The normalized spacial score (nSPS) is 15.8. The first-order chi connectivity index (χ1) is 19.2. The number of amides is 2. The molecule has 2 heterocycles. The molecule has 1 fully saturated rings. The Balaban J connectivity index is 1.25. The van der Waals surface area contributed by atoms with E-state index >= 15 is 0 Å². The van der Waals surface area contributed by atoms with Crippen LogP contribution < -0.4 is 9.64 Å². The average Bonchev–Trinajstić information content (AvgIpc) is 3.21. The van der Waals surface area contributed by atoms with Crippen LogP contribution in [0, 0.1) is 0 Å². The van der Waals surface area contributed by atoms with Crippen molar-refractivity contribution in [3.05, 3.63) is 88.4 Å². The SMILES string of the molecule is COc1ccc(C(=O)OCCN2C(=O)c3ccccc3C2=O)cc1S(=O)(=O)N1CCN(c2cccc(Cl)c2)CC1. The van der Waals surface area contributed by atoms with Gasteiger partial charge in [-0.05, 0) is 48.5 Å². The lowest BCUT2D eigenvalue weighted by molar-refractivity contribution is 0.0420. The monoisotopic (exact) mass is 583 g/mol. The molecule has 0 saturated carbocycles. The van der Waals surface area contributed by atoms with Gasteiger partial charge in [-0.15, -0.1) is 0 Å². The maximum absolute atomic E-state index is 13.6. The number of ether oxygens (including phenoxy) is 2. The molecule has 12 heteroatoms. The van der Waals surface area contributed by atoms with Crippen molar-refractivity contribution in [3.63, 3.8) is 0 Å². The summed E-state index contributed by atoms with van der Waals surface area (Å²) in [5.41, 5.74) is 1.52. The van der Waals surface area contributed by atoms with E-state index in [0.29, 0.717) is 29.2 Å². The van der Waals surface area contributed by atoms with Gasteiger partial charge < -0.3 is 14.4 Å². The Hall–Kier alpha value is -3.93. The fourth-order valence-electron chi connectivity index (χ4n) is 4.76. The molecular formula is C28H26ClN3O7S. The minimum Gasteiger partial charge on any atom is -0.495 e. The number of piperazine rings is 1. The Labute approximate surface area is 236 Å². The smallest absolute Gasteiger partial charge is 0.338 e. The Morgan fingerprint density at radius 3 is 2.20 bits per heavy atom. The van der Waals surface area contributed by atoms with E-state index in [9.17, 15) is 22.8 Å². The summed E-state index contributed by atoms with van der Waals surface area (Å²) in [5.74, 6) is -1.60. The van der Waals surface area contributed by atoms with Gasteiger partial charge in [0, 0.05) is 36.9 Å². The highest BCUT2D eigenvalue weighted by Crippen LogP contribution is 2.30. The number of benzene rings is 3. The van der Waals surface area contributed by atoms with Crippen molar-refractivity contribution in [1.29, 1.82) is 0 Å². The number of halogens is 1. The van der Waals surface area contributed by atoms with Crippen molar-refractivity contribution in [2.45, 2.75) is 4.90 Å². The van der Waals surface area contributed by atoms with Crippen LogP contribution >= 0.6 is 11.6 Å². The molecule has 0 aromatic heterocycles. The lowest BCUT2D eigenvalue weighted by Gasteiger charge is -2.35. The van der Waals surface area contributed by atoms with Crippen LogP contribution in [0.3, 0.4) is 0 Å². The Bertz CT molecular complexity index is 1550. The summed E-state index contributed by atoms with van der Waals surface area (Å²) < 4.78 is 39.1. The number of anilines is 1. The van der Waals surface area contributed by atoms with E-state index in [1.165, 1.54) is 29.6 Å². The van der Waals surface area contributed by atoms with Crippen molar-refractivity contribution >= 4 is 45.1 Å². The third-order valence-electron chi connectivity index (χ3n) is 6.86. The molecule has 0 spiro atoms. The van der Waals surface area contributed by atoms with E-state index in [1.54, 1.807) is 30.3 Å². The molecule has 0 atom stereocenters. The number of carbonyl (C=O) groups is 3. The summed E-state index contributed by atoms with van der Waals surface area (Å²) in [6, 6.07) is 17.9. The summed E-state index contributed by atoms with van der Waals surface area (Å²) in [4.78, 5) is 40.8. The lowest BCUT2D eigenvalue weighted by Crippen LogP contribution is -2.48. The zero-order valence-electron chi connectivity index (χ0n) is 21.6. The molecule has 0 radical (unpaired) electrons. The van der Waals surface area contributed by atoms with Crippen molar-refractivity contribution in [1.82, 2.24) is 9.21 Å². The molecule has 0 bridgehead atoms. The molecule has 3 aromatic carbocycles. The molecule has 2 aliphatic heterocycles. The highest BCUT2D eigenvalue weighted by Gasteiger charge is 2.35. The summed E-state index contributed by atoms with van der Waals surface area (Å²) >= 11 is 6.10. The minimum atomic E-state index is -4.00. The molecule has 208 valence electrons. The number of methoxy groups -OCH3 is 1. The van der Waals surface area contributed by atoms with Crippen molar-refractivity contribution in [2.24, 2.45) is 0 Å². The third kappa shape index (κ3) is 5.27. The largest absolute Gasteiger partial charge is 0.495 e. The summed E-state index contributed by atoms with van der Waals surface area (Å²) in [6.07, 6.45) is 0. The molecule has 0 unspecified atom stereocenters. The number of hydrogen-bond acceptors (Lipinski definition) is 8. The summed E-state index contributed by atoms with van der Waals surface area (Å²) in [6.45, 7) is 1.00. The molecule has 3 aromatic rings. The van der Waals surface area contributed by atoms with E-state index < -0.39 is 27.8 Å². The first-order valence-corrected chi connectivity index (χ1v) is 14.3. The number of fused-ring (bicyclic) bond motifs is 1. The second kappa shape index (κ2) is 11.3. The first kappa shape index (κ1) is 27.6. The minimum absolute atomic E-state index is 0.000649. The predicted molar refractivity (Wildman–Crippen MR) is 148 cm³/mol. The van der Waals surface area contributed by atoms with Crippen LogP contribution in [0.25, 0.3) is 0 Å². The van der Waals surface area contributed by atoms with Crippen LogP contribution in [-0.2, 0) is 14.8 Å². The molecule has 0 aliphatic carbocycles. The second-order valence-electron chi connectivity index (χ2n) is 9.18. The fraction of sp³-hybridized carbons (Fsp3) is 0.250. The van der Waals surface area contributed by atoms with Gasteiger partial charge in [0.05, 0.1) is 30.3 Å². The quantitative estimate of drug-likeness (QED) is 0.293. The predicted octanol–water partition coefficient (Wildman–Crippen LogP) is 3.31. The van der Waals surface area contributed by atoms with E-state index in [-0.39, 0.29) is 42.4 Å². The highest BCUT2D eigenvalue weighted by molar-refractivity contribution is 7.89. The van der Waals surface area contributed by atoms with Crippen LogP contribution in [0.15, 0.2) is 71.6 Å². The number of hydrogen-bond donors (Lipinski definition) is 0. The average molecular weight is 584 g/mol. The van der Waals surface area contributed by atoms with E-state index in [2.05, 4.69) is 4.90 Å². The number of esters is 1. The second-order valence-corrected chi connectivity index (χ2v) is 11.5. The van der Waals surface area contributed by atoms with E-state index in [0.717, 1.165) is 10.6 Å². The molecule has 1 saturated heterocycles. The summed E-state index contributed by atoms with van der Waals surface area (Å²) in [5, 5.41) is 0.602. The van der Waals surface area contributed by atoms with E-state index in [4.69, 9.17) is 21.1 Å². The van der Waals surface area contributed by atoms with Gasteiger partial charge in [0.2, 0.25) is 10.0 Å². The molecule has 5 rings (SSSR count). The van der Waals surface area contributed by atoms with Crippen molar-refractivity contribution in [3.8, 4) is 5.75 Å². The molecule has 10 nitrogen and oxygen atoms in total. The molecule has 40 heavy (non-hydrogen) atoms. The van der Waals surface area contributed by atoms with Gasteiger partial charge in [0.1, 0.15) is 17.3 Å². The zero-order chi connectivity index (χ0) is 28.4. The van der Waals surface area contributed by atoms with E-state index in [1.807, 2.05) is 18.2 Å². The molecule has 2 aliphatic rings. The number of sulfonamides is 1. The number of nitrogens with zero attached hydrogens (tertiary/aromatic N) is 3. The molecular weight excluding hydrogens is 558 g/mol. The number of carbonyl (C=O) groups excluding carboxylic acids is 3. The Kier molecular flexibility index (Phi) is 7.79. The Morgan fingerprint density at radius 1 is 0.900 bits per heavy atom. The standard InChI is InChI=1S/C28H26ClN3O7S/c1-38-24-10-9-19(28(35)39-16-15-32-26(33)22-7-2-3-8-23(22)27(32)34)17-25(24)40(36,37)31-13-11-30(12-14-31)21-6-4-5-20(29)18-21/h2-10,17-18H,11-16H2,1H3. The Morgan fingerprint density at radius 2 is 1.57 bits per heavy atom. The number of imide groups is 1. The maximum Gasteiger partial charge on any atom is 0.338 e. The van der Waals surface area contributed by atoms with Gasteiger partial charge in [-0.1, -0.05) is 29.8 Å². The van der Waals surface area contributed by atoms with Gasteiger partial charge in [0.25, 0.3) is 11.8 Å². The van der Waals surface area contributed by atoms with Crippen LogP contribution in [0.1, 0.15) is 31.1 Å². The highest BCUT2D eigenvalue weighted by atomic mass is 35.5. The lowest BCUT2D eigenvalue weighted by atomic mass is 10.1. The van der Waals surface area contributed by atoms with Gasteiger partial charge >= 0.3 is 5.97 Å². The van der Waals surface area contributed by atoms with Gasteiger partial charge in [0.15, 0.2) is 0 Å². The van der Waals surface area contributed by atoms with Gasteiger partial charge in [-0.3, -0.25) is 14.5 Å². The fourth-order valence-corrected chi connectivity index (χ4v) is 6.55. The van der Waals surface area contributed by atoms with Crippen LogP contribution in [0.2, 0.25) is 5.02 Å². The van der Waals surface area contributed by atoms with Crippen LogP contribution in [0.4, 0.5) is 5.69 Å². The molecule has 2 amide bonds. The van der Waals surface area contributed by atoms with Crippen LogP contribution in [0.5, 0.6) is 5.75 Å². The van der Waals surface area contributed by atoms with Crippen molar-refractivity contribution in [2.75, 3.05) is 51.3 Å². The topological polar surface area (TPSA) is 114 Å². The maximum atomic E-state index is 13.6. The first-order valence-electron chi connectivity index (χ1n) is 12.5. The van der Waals surface area contributed by atoms with Crippen molar-refractivity contribution < 1.29 is 32.3 Å². The third-order valence-corrected chi connectivity index (χ3v) is 9.01. The van der Waals surface area contributed by atoms with Crippen LogP contribution in [-0.4, -0.2) is 81.8 Å².